The van der Waals surface area contributed by atoms with Gasteiger partial charge in [0.15, 0.2) is 0 Å². The van der Waals surface area contributed by atoms with Crippen molar-refractivity contribution < 1.29 is 9.90 Å². The molecule has 19 heavy (non-hydrogen) atoms. The molecular formula is C14H21N3O2. The molecule has 2 atom stereocenters. The van der Waals surface area contributed by atoms with Crippen LogP contribution in [0.5, 0.6) is 0 Å². The van der Waals surface area contributed by atoms with Crippen LogP contribution >= 0.6 is 0 Å². The van der Waals surface area contributed by atoms with Gasteiger partial charge in [-0.25, -0.2) is 0 Å². The summed E-state index contributed by atoms with van der Waals surface area (Å²) in [4.78, 5) is 15.3. The summed E-state index contributed by atoms with van der Waals surface area (Å²) >= 11 is 0. The maximum Gasteiger partial charge on any atom is 0.231 e. The van der Waals surface area contributed by atoms with E-state index in [1.165, 1.54) is 0 Å². The number of hydrogen-bond donors (Lipinski definition) is 2. The molecule has 5 nitrogen and oxygen atoms in total. The second-order valence-corrected chi connectivity index (χ2v) is 5.23. The average molecular weight is 263 g/mol. The van der Waals surface area contributed by atoms with Crippen LogP contribution in [0.2, 0.25) is 0 Å². The molecule has 1 aromatic carbocycles. The molecule has 0 saturated carbocycles. The van der Waals surface area contributed by atoms with E-state index in [-0.39, 0.29) is 18.5 Å². The lowest BCUT2D eigenvalue weighted by atomic mass is 9.97. The molecule has 5 heteroatoms. The van der Waals surface area contributed by atoms with Crippen LogP contribution in [-0.4, -0.2) is 49.7 Å². The van der Waals surface area contributed by atoms with Gasteiger partial charge in [0, 0.05) is 19.3 Å². The average Bonchev–Trinajstić information content (AvgIpc) is 2.64. The fourth-order valence-corrected chi connectivity index (χ4v) is 2.67. The molecule has 3 N–H and O–H groups in total. The number of fused-ring (bicyclic) bond motifs is 1. The number of carbonyl (C=O) groups is 1. The summed E-state index contributed by atoms with van der Waals surface area (Å²) in [6, 6.07) is 5.74. The predicted molar refractivity (Wildman–Crippen MR) is 75.0 cm³/mol. The van der Waals surface area contributed by atoms with Crippen LogP contribution in [0.15, 0.2) is 18.2 Å². The smallest absolute Gasteiger partial charge is 0.231 e. The van der Waals surface area contributed by atoms with Crippen molar-refractivity contribution in [1.82, 2.24) is 4.90 Å². The van der Waals surface area contributed by atoms with Gasteiger partial charge in [-0.1, -0.05) is 12.1 Å². The number of hydrogen-bond acceptors (Lipinski definition) is 4. The zero-order valence-corrected chi connectivity index (χ0v) is 11.6. The molecular weight excluding hydrogens is 242 g/mol. The lowest BCUT2D eigenvalue weighted by Crippen LogP contribution is -2.36. The highest BCUT2D eigenvalue weighted by atomic mass is 16.3. The summed E-state index contributed by atoms with van der Waals surface area (Å²) in [6.45, 7) is 0.207. The van der Waals surface area contributed by atoms with Crippen LogP contribution in [0.4, 0.5) is 5.69 Å². The second kappa shape index (κ2) is 5.28. The van der Waals surface area contributed by atoms with E-state index in [2.05, 4.69) is 0 Å². The number of nitrogens with two attached hydrogens (primary N) is 1. The van der Waals surface area contributed by atoms with Crippen LogP contribution in [0, 0.1) is 0 Å². The Hall–Kier alpha value is -1.43. The van der Waals surface area contributed by atoms with Crippen LogP contribution in [0.25, 0.3) is 0 Å². The number of benzene rings is 1. The molecule has 2 unspecified atom stereocenters. The summed E-state index contributed by atoms with van der Waals surface area (Å²) in [5, 5.41) is 10.1. The topological polar surface area (TPSA) is 69.8 Å². The molecule has 0 fully saturated rings. The van der Waals surface area contributed by atoms with Crippen molar-refractivity contribution in [2.24, 2.45) is 5.73 Å². The Bertz CT molecular complexity index is 488. The lowest BCUT2D eigenvalue weighted by Gasteiger charge is -2.29. The van der Waals surface area contributed by atoms with Gasteiger partial charge < -0.3 is 20.6 Å². The van der Waals surface area contributed by atoms with Gasteiger partial charge >= 0.3 is 0 Å². The van der Waals surface area contributed by atoms with Crippen LogP contribution in [-0.2, 0) is 11.2 Å². The van der Waals surface area contributed by atoms with E-state index >= 15 is 0 Å². The Morgan fingerprint density at radius 2 is 2.16 bits per heavy atom. The minimum atomic E-state index is -0.622. The van der Waals surface area contributed by atoms with Gasteiger partial charge in [-0.05, 0) is 31.3 Å². The maximum atomic E-state index is 11.7. The summed E-state index contributed by atoms with van der Waals surface area (Å²) in [5.74, 6) is 0.105. The molecule has 0 aliphatic carbocycles. The molecule has 2 rings (SSSR count). The van der Waals surface area contributed by atoms with Gasteiger partial charge in [0.25, 0.3) is 0 Å². The number of nitrogens with zero attached hydrogens (tertiary/aromatic N) is 2. The van der Waals surface area contributed by atoms with E-state index in [9.17, 15) is 9.90 Å². The molecule has 104 valence electrons. The van der Waals surface area contributed by atoms with E-state index in [0.29, 0.717) is 6.42 Å². The van der Waals surface area contributed by atoms with Crippen molar-refractivity contribution in [3.63, 3.8) is 0 Å². The second-order valence-electron chi connectivity index (χ2n) is 5.23. The number of anilines is 1. The highest BCUT2D eigenvalue weighted by Crippen LogP contribution is 2.32. The SMILES string of the molecule is CN1C(=O)Cc2cc(C(C(O)CN)N(C)C)ccc21. The Kier molecular flexibility index (Phi) is 3.89. The molecule has 1 heterocycles. The molecule has 0 aromatic heterocycles. The minimum Gasteiger partial charge on any atom is -0.390 e. The highest BCUT2D eigenvalue weighted by Gasteiger charge is 2.27. The normalized spacial score (nSPS) is 17.8. The third-order valence-electron chi connectivity index (χ3n) is 3.68. The molecule has 0 radical (unpaired) electrons. The number of aliphatic hydroxyl groups excluding tert-OH is 1. The van der Waals surface area contributed by atoms with Crippen LogP contribution in [0.1, 0.15) is 17.2 Å². The van der Waals surface area contributed by atoms with Crippen LogP contribution < -0.4 is 10.6 Å². The zero-order valence-electron chi connectivity index (χ0n) is 11.6. The standard InChI is InChI=1S/C14H21N3O2/c1-16(2)14(12(18)8-15)9-4-5-11-10(6-9)7-13(19)17(11)3/h4-6,12,14,18H,7-8,15H2,1-3H3. The van der Waals surface area contributed by atoms with E-state index < -0.39 is 6.10 Å². The summed E-state index contributed by atoms with van der Waals surface area (Å²) in [5.41, 5.74) is 8.52. The third-order valence-corrected chi connectivity index (χ3v) is 3.68. The summed E-state index contributed by atoms with van der Waals surface area (Å²) in [6.07, 6.45) is -0.193. The van der Waals surface area contributed by atoms with Gasteiger partial charge in [0.1, 0.15) is 0 Å². The monoisotopic (exact) mass is 263 g/mol. The van der Waals surface area contributed by atoms with E-state index in [1.54, 1.807) is 11.9 Å². The zero-order chi connectivity index (χ0) is 14.2. The summed E-state index contributed by atoms with van der Waals surface area (Å²) in [7, 11) is 5.61. The van der Waals surface area contributed by atoms with Gasteiger partial charge in [-0.15, -0.1) is 0 Å². The summed E-state index contributed by atoms with van der Waals surface area (Å²) < 4.78 is 0. The molecule has 1 aliphatic rings. The van der Waals surface area contributed by atoms with E-state index in [4.69, 9.17) is 5.73 Å². The van der Waals surface area contributed by atoms with Crippen molar-refractivity contribution >= 4 is 11.6 Å². The number of rotatable bonds is 4. The molecule has 1 aliphatic heterocycles. The Morgan fingerprint density at radius 3 is 2.74 bits per heavy atom. The fourth-order valence-electron chi connectivity index (χ4n) is 2.67. The predicted octanol–water partition coefficient (Wildman–Crippen LogP) is 0.128. The number of likely N-dealkylation sites (N-methyl/N-ethyl adjacent to an activating group) is 2. The van der Waals surface area contributed by atoms with Gasteiger partial charge in [0.2, 0.25) is 5.91 Å². The van der Waals surface area contributed by atoms with E-state index in [1.807, 2.05) is 37.2 Å². The van der Waals surface area contributed by atoms with Gasteiger partial charge in [0.05, 0.1) is 18.6 Å². The first-order chi connectivity index (χ1) is 8.95. The molecule has 1 amide bonds. The first kappa shape index (κ1) is 14.0. The maximum absolute atomic E-state index is 11.7. The van der Waals surface area contributed by atoms with Crippen molar-refractivity contribution in [1.29, 1.82) is 0 Å². The van der Waals surface area contributed by atoms with Crippen LogP contribution in [0.3, 0.4) is 0 Å². The van der Waals surface area contributed by atoms with Crippen molar-refractivity contribution in [2.75, 3.05) is 32.6 Å². The highest BCUT2D eigenvalue weighted by molar-refractivity contribution is 6.00. The fraction of sp³-hybridized carbons (Fsp3) is 0.500. The lowest BCUT2D eigenvalue weighted by molar-refractivity contribution is -0.117. The van der Waals surface area contributed by atoms with Gasteiger partial charge in [-0.2, -0.15) is 0 Å². The Labute approximate surface area is 113 Å². The number of aliphatic hydroxyl groups is 1. The largest absolute Gasteiger partial charge is 0.390 e. The van der Waals surface area contributed by atoms with E-state index in [0.717, 1.165) is 16.8 Å². The quantitative estimate of drug-likeness (QED) is 0.810. The Balaban J connectivity index is 2.36. The Morgan fingerprint density at radius 1 is 1.47 bits per heavy atom. The van der Waals surface area contributed by atoms with Crippen molar-refractivity contribution in [3.8, 4) is 0 Å². The third kappa shape index (κ3) is 2.49. The first-order valence-corrected chi connectivity index (χ1v) is 6.39. The van der Waals surface area contributed by atoms with Gasteiger partial charge in [-0.3, -0.25) is 4.79 Å². The number of amides is 1. The minimum absolute atomic E-state index is 0.105. The molecule has 0 saturated heterocycles. The number of carbonyl (C=O) groups excluding carboxylic acids is 1. The van der Waals surface area contributed by atoms with Crippen molar-refractivity contribution in [3.05, 3.63) is 29.3 Å². The first-order valence-electron chi connectivity index (χ1n) is 6.39. The van der Waals surface area contributed by atoms with Crippen molar-refractivity contribution in [2.45, 2.75) is 18.6 Å². The molecule has 0 bridgehead atoms. The molecule has 0 spiro atoms. The molecule has 1 aromatic rings.